The zero-order valence-corrected chi connectivity index (χ0v) is 18.1. The minimum Gasteiger partial charge on any atom is -0.484 e. The molecule has 2 aromatic carbocycles. The van der Waals surface area contributed by atoms with Gasteiger partial charge in [0.1, 0.15) is 5.75 Å². The molecule has 2 aromatic rings. The molecule has 0 spiro atoms. The van der Waals surface area contributed by atoms with Gasteiger partial charge in [0.25, 0.3) is 5.91 Å². The average Bonchev–Trinajstić information content (AvgIpc) is 2.80. The molecular weight excluding hydrogens is 388 g/mol. The van der Waals surface area contributed by atoms with Gasteiger partial charge in [-0.3, -0.25) is 9.69 Å². The summed E-state index contributed by atoms with van der Waals surface area (Å²) in [5.74, 6) is 0.541. The number of benzene rings is 2. The lowest BCUT2D eigenvalue weighted by molar-refractivity contribution is -0.123. The van der Waals surface area contributed by atoms with Crippen LogP contribution in [0.25, 0.3) is 0 Å². The molecule has 31 heavy (non-hydrogen) atoms. The highest BCUT2D eigenvalue weighted by molar-refractivity contribution is 5.77. The number of nitrogens with one attached hydrogen (secondary N) is 1. The molecule has 0 atom stereocenters. The van der Waals surface area contributed by atoms with Crippen LogP contribution in [0.5, 0.6) is 5.75 Å². The monoisotopic (exact) mass is 420 g/mol. The van der Waals surface area contributed by atoms with E-state index in [0.717, 1.165) is 57.7 Å². The summed E-state index contributed by atoms with van der Waals surface area (Å²) >= 11 is 0. The molecule has 0 bridgehead atoms. The number of piperazine rings is 1. The van der Waals surface area contributed by atoms with E-state index in [1.165, 1.54) is 5.56 Å². The van der Waals surface area contributed by atoms with Crippen molar-refractivity contribution in [2.24, 2.45) is 0 Å². The predicted octanol–water partition coefficient (Wildman–Crippen LogP) is 2.85. The number of hydrogen-bond donors (Lipinski definition) is 1. The van der Waals surface area contributed by atoms with Crippen LogP contribution in [0.4, 0.5) is 0 Å². The van der Waals surface area contributed by atoms with E-state index < -0.39 is 0 Å². The van der Waals surface area contributed by atoms with Crippen molar-refractivity contribution in [3.63, 3.8) is 0 Å². The number of nitrogens with zero attached hydrogens (tertiary/aromatic N) is 3. The van der Waals surface area contributed by atoms with Crippen LogP contribution in [0.2, 0.25) is 0 Å². The number of amides is 1. The Morgan fingerprint density at radius 3 is 2.35 bits per heavy atom. The van der Waals surface area contributed by atoms with Crippen molar-refractivity contribution in [3.8, 4) is 11.8 Å². The van der Waals surface area contributed by atoms with Crippen molar-refractivity contribution in [2.75, 3.05) is 45.9 Å². The maximum absolute atomic E-state index is 11.9. The number of hydrogen-bond acceptors (Lipinski definition) is 5. The normalized spacial score (nSPS) is 14.7. The number of carbonyl (C=O) groups is 1. The molecule has 0 radical (unpaired) electrons. The molecule has 0 aliphatic carbocycles. The smallest absolute Gasteiger partial charge is 0.257 e. The fourth-order valence-corrected chi connectivity index (χ4v) is 3.70. The molecule has 6 nitrogen and oxygen atoms in total. The third-order valence-corrected chi connectivity index (χ3v) is 5.51. The molecule has 0 saturated carbocycles. The SMILES string of the molecule is N#CCc1ccc(OCC(=O)NCCCCN2CCN(Cc3ccccc3)CC2)cc1. The number of unbranched alkanes of at least 4 members (excludes halogenated alkanes) is 1. The molecule has 1 amide bonds. The van der Waals surface area contributed by atoms with Crippen LogP contribution in [0, 0.1) is 11.3 Å². The molecule has 0 aromatic heterocycles. The van der Waals surface area contributed by atoms with Crippen LogP contribution in [-0.4, -0.2) is 61.6 Å². The van der Waals surface area contributed by atoms with E-state index in [2.05, 4.69) is 51.5 Å². The number of nitriles is 1. The number of carbonyl (C=O) groups excluding carboxylic acids is 1. The first kappa shape index (κ1) is 22.8. The maximum atomic E-state index is 11.9. The van der Waals surface area contributed by atoms with Crippen LogP contribution < -0.4 is 10.1 Å². The van der Waals surface area contributed by atoms with Gasteiger partial charge in [-0.2, -0.15) is 5.26 Å². The first-order valence-corrected chi connectivity index (χ1v) is 11.1. The zero-order chi connectivity index (χ0) is 21.7. The fourth-order valence-electron chi connectivity index (χ4n) is 3.70. The Morgan fingerprint density at radius 1 is 0.935 bits per heavy atom. The largest absolute Gasteiger partial charge is 0.484 e. The summed E-state index contributed by atoms with van der Waals surface area (Å²) in [5.41, 5.74) is 2.32. The maximum Gasteiger partial charge on any atom is 0.257 e. The van der Waals surface area contributed by atoms with Gasteiger partial charge < -0.3 is 15.0 Å². The van der Waals surface area contributed by atoms with Crippen LogP contribution in [0.15, 0.2) is 54.6 Å². The van der Waals surface area contributed by atoms with Gasteiger partial charge >= 0.3 is 0 Å². The summed E-state index contributed by atoms with van der Waals surface area (Å²) in [6, 6.07) is 20.0. The van der Waals surface area contributed by atoms with Gasteiger partial charge in [0, 0.05) is 39.3 Å². The minimum absolute atomic E-state index is 0.0149. The third kappa shape index (κ3) is 8.41. The lowest BCUT2D eigenvalue weighted by Crippen LogP contribution is -2.46. The van der Waals surface area contributed by atoms with E-state index in [-0.39, 0.29) is 12.5 Å². The van der Waals surface area contributed by atoms with Crippen LogP contribution in [0.1, 0.15) is 24.0 Å². The number of ether oxygens (including phenoxy) is 1. The molecule has 0 unspecified atom stereocenters. The Morgan fingerprint density at radius 2 is 1.65 bits per heavy atom. The molecule has 1 heterocycles. The van der Waals surface area contributed by atoms with E-state index in [4.69, 9.17) is 10.00 Å². The predicted molar refractivity (Wildman–Crippen MR) is 122 cm³/mol. The lowest BCUT2D eigenvalue weighted by atomic mass is 10.2. The van der Waals surface area contributed by atoms with Crippen molar-refractivity contribution in [3.05, 3.63) is 65.7 Å². The van der Waals surface area contributed by atoms with Crippen LogP contribution in [-0.2, 0) is 17.8 Å². The van der Waals surface area contributed by atoms with Gasteiger partial charge in [-0.1, -0.05) is 42.5 Å². The van der Waals surface area contributed by atoms with Crippen molar-refractivity contribution in [1.29, 1.82) is 5.26 Å². The molecule has 1 saturated heterocycles. The van der Waals surface area contributed by atoms with E-state index in [1.807, 2.05) is 12.1 Å². The summed E-state index contributed by atoms with van der Waals surface area (Å²) in [6.45, 7) is 7.26. The van der Waals surface area contributed by atoms with Gasteiger partial charge in [0.15, 0.2) is 6.61 Å². The first-order chi connectivity index (χ1) is 15.2. The highest BCUT2D eigenvalue weighted by Gasteiger charge is 2.16. The fraction of sp³-hybridized carbons (Fsp3) is 0.440. The van der Waals surface area contributed by atoms with Crippen molar-refractivity contribution in [2.45, 2.75) is 25.8 Å². The summed E-state index contributed by atoms with van der Waals surface area (Å²) in [6.07, 6.45) is 2.43. The number of rotatable bonds is 11. The Balaban J connectivity index is 1.21. The van der Waals surface area contributed by atoms with Crippen molar-refractivity contribution < 1.29 is 9.53 Å². The topological polar surface area (TPSA) is 68.6 Å². The minimum atomic E-state index is -0.101. The highest BCUT2D eigenvalue weighted by Crippen LogP contribution is 2.12. The summed E-state index contributed by atoms with van der Waals surface area (Å²) < 4.78 is 5.50. The Kier molecular flexibility index (Phi) is 9.36. The van der Waals surface area contributed by atoms with Crippen molar-refractivity contribution in [1.82, 2.24) is 15.1 Å². The first-order valence-electron chi connectivity index (χ1n) is 11.1. The average molecular weight is 421 g/mol. The van der Waals surface area contributed by atoms with Crippen LogP contribution >= 0.6 is 0 Å². The Hall–Kier alpha value is -2.88. The van der Waals surface area contributed by atoms with Gasteiger partial charge in [0.05, 0.1) is 12.5 Å². The quantitative estimate of drug-likeness (QED) is 0.566. The van der Waals surface area contributed by atoms with Crippen LogP contribution in [0.3, 0.4) is 0 Å². The van der Waals surface area contributed by atoms with Gasteiger partial charge in [-0.25, -0.2) is 0 Å². The van der Waals surface area contributed by atoms with Gasteiger partial charge in [0.2, 0.25) is 0 Å². The summed E-state index contributed by atoms with van der Waals surface area (Å²) in [7, 11) is 0. The molecule has 6 heteroatoms. The second-order valence-electron chi connectivity index (χ2n) is 7.93. The van der Waals surface area contributed by atoms with E-state index in [1.54, 1.807) is 12.1 Å². The Labute approximate surface area is 185 Å². The molecule has 1 aliphatic heterocycles. The molecule has 1 fully saturated rings. The third-order valence-electron chi connectivity index (χ3n) is 5.51. The molecule has 1 aliphatic rings. The summed E-state index contributed by atoms with van der Waals surface area (Å²) in [4.78, 5) is 17.0. The zero-order valence-electron chi connectivity index (χ0n) is 18.1. The Bertz CT molecular complexity index is 825. The van der Waals surface area contributed by atoms with Crippen molar-refractivity contribution >= 4 is 5.91 Å². The van der Waals surface area contributed by atoms with E-state index in [0.29, 0.717) is 18.7 Å². The second-order valence-corrected chi connectivity index (χ2v) is 7.93. The second kappa shape index (κ2) is 12.7. The van der Waals surface area contributed by atoms with E-state index in [9.17, 15) is 4.79 Å². The standard InChI is InChI=1S/C25H32N4O2/c26-13-12-22-8-10-24(11-9-22)31-21-25(30)27-14-4-5-15-28-16-18-29(19-17-28)20-23-6-2-1-3-7-23/h1-3,6-11H,4-5,12,14-21H2,(H,27,30). The lowest BCUT2D eigenvalue weighted by Gasteiger charge is -2.34. The molecule has 1 N–H and O–H groups in total. The molecule has 164 valence electrons. The molecule has 3 rings (SSSR count). The molecular formula is C25H32N4O2. The summed E-state index contributed by atoms with van der Waals surface area (Å²) in [5, 5.41) is 11.6. The van der Waals surface area contributed by atoms with Gasteiger partial charge in [-0.15, -0.1) is 0 Å². The van der Waals surface area contributed by atoms with Gasteiger partial charge in [-0.05, 0) is 42.6 Å². The highest BCUT2D eigenvalue weighted by atomic mass is 16.5. The van der Waals surface area contributed by atoms with E-state index >= 15 is 0 Å².